The first-order valence-electron chi connectivity index (χ1n) is 5.66. The summed E-state index contributed by atoms with van der Waals surface area (Å²) in [4.78, 5) is 1.17. The van der Waals surface area contributed by atoms with Gasteiger partial charge in [-0.1, -0.05) is 12.1 Å². The summed E-state index contributed by atoms with van der Waals surface area (Å²) < 4.78 is 38.8. The van der Waals surface area contributed by atoms with Crippen LogP contribution >= 0.6 is 0 Å². The Morgan fingerprint density at radius 3 is 2.67 bits per heavy atom. The van der Waals surface area contributed by atoms with E-state index in [1.165, 1.54) is 17.0 Å². The molecule has 0 saturated carbocycles. The van der Waals surface area contributed by atoms with Gasteiger partial charge in [-0.15, -0.1) is 0 Å². The van der Waals surface area contributed by atoms with Crippen LogP contribution in [0.25, 0.3) is 0 Å². The van der Waals surface area contributed by atoms with Crippen LogP contribution in [0.2, 0.25) is 0 Å². The minimum Gasteiger partial charge on any atom is -0.395 e. The SMILES string of the molecule is CNCc1cccc(F)c1N(CCO)CC(F)F. The fourth-order valence-corrected chi connectivity index (χ4v) is 1.83. The van der Waals surface area contributed by atoms with Gasteiger partial charge in [-0.25, -0.2) is 13.2 Å². The van der Waals surface area contributed by atoms with Crippen molar-refractivity contribution in [2.45, 2.75) is 13.0 Å². The first-order valence-corrected chi connectivity index (χ1v) is 5.66. The van der Waals surface area contributed by atoms with E-state index in [1.807, 2.05) is 0 Å². The van der Waals surface area contributed by atoms with Crippen molar-refractivity contribution >= 4 is 5.69 Å². The van der Waals surface area contributed by atoms with Crippen molar-refractivity contribution in [3.8, 4) is 0 Å². The molecular weight excluding hydrogens is 245 g/mol. The summed E-state index contributed by atoms with van der Waals surface area (Å²) >= 11 is 0. The van der Waals surface area contributed by atoms with E-state index in [1.54, 1.807) is 13.1 Å². The van der Waals surface area contributed by atoms with E-state index in [4.69, 9.17) is 5.11 Å². The zero-order valence-corrected chi connectivity index (χ0v) is 10.2. The van der Waals surface area contributed by atoms with Crippen LogP contribution in [-0.4, -0.2) is 38.3 Å². The molecule has 0 saturated heterocycles. The average Bonchev–Trinajstić information content (AvgIpc) is 2.28. The van der Waals surface area contributed by atoms with Gasteiger partial charge in [-0.05, 0) is 18.7 Å². The summed E-state index contributed by atoms with van der Waals surface area (Å²) in [7, 11) is 1.69. The van der Waals surface area contributed by atoms with Crippen molar-refractivity contribution in [1.29, 1.82) is 0 Å². The third-order valence-corrected chi connectivity index (χ3v) is 2.48. The molecule has 0 bridgehead atoms. The molecule has 18 heavy (non-hydrogen) atoms. The molecule has 0 radical (unpaired) electrons. The van der Waals surface area contributed by atoms with Crippen molar-refractivity contribution in [3.05, 3.63) is 29.6 Å². The molecule has 0 amide bonds. The fourth-order valence-electron chi connectivity index (χ4n) is 1.83. The van der Waals surface area contributed by atoms with Crippen LogP contribution in [0.4, 0.5) is 18.9 Å². The Hall–Kier alpha value is -1.27. The van der Waals surface area contributed by atoms with E-state index in [0.29, 0.717) is 12.1 Å². The Bertz CT molecular complexity index is 374. The lowest BCUT2D eigenvalue weighted by atomic mass is 10.1. The maximum atomic E-state index is 13.8. The lowest BCUT2D eigenvalue weighted by molar-refractivity contribution is 0.152. The molecule has 2 N–H and O–H groups in total. The lowest BCUT2D eigenvalue weighted by Crippen LogP contribution is -2.33. The minimum absolute atomic E-state index is 0.0258. The maximum Gasteiger partial charge on any atom is 0.255 e. The molecule has 0 unspecified atom stereocenters. The molecule has 0 heterocycles. The summed E-state index contributed by atoms with van der Waals surface area (Å²) in [6.07, 6.45) is -2.58. The van der Waals surface area contributed by atoms with Crippen molar-refractivity contribution in [2.24, 2.45) is 0 Å². The number of aliphatic hydroxyl groups excluding tert-OH is 1. The largest absolute Gasteiger partial charge is 0.395 e. The molecule has 3 nitrogen and oxygen atoms in total. The normalized spacial score (nSPS) is 11.0. The molecule has 0 aliphatic heterocycles. The highest BCUT2D eigenvalue weighted by Gasteiger charge is 2.18. The highest BCUT2D eigenvalue weighted by atomic mass is 19.3. The molecular formula is C12H17F3N2O. The number of nitrogens with one attached hydrogen (secondary N) is 1. The fraction of sp³-hybridized carbons (Fsp3) is 0.500. The monoisotopic (exact) mass is 262 g/mol. The van der Waals surface area contributed by atoms with Gasteiger partial charge in [-0.3, -0.25) is 0 Å². The molecule has 1 aromatic carbocycles. The summed E-state index contributed by atoms with van der Waals surface area (Å²) in [6, 6.07) is 4.43. The average molecular weight is 262 g/mol. The van der Waals surface area contributed by atoms with Crippen LogP contribution in [0.1, 0.15) is 5.56 Å². The second-order valence-electron chi connectivity index (χ2n) is 3.84. The van der Waals surface area contributed by atoms with Crippen molar-refractivity contribution < 1.29 is 18.3 Å². The smallest absolute Gasteiger partial charge is 0.255 e. The van der Waals surface area contributed by atoms with Crippen LogP contribution in [0.3, 0.4) is 0 Å². The molecule has 0 aliphatic carbocycles. The summed E-state index contributed by atoms with van der Waals surface area (Å²) in [5, 5.41) is 11.8. The number of nitrogens with zero attached hydrogens (tertiary/aromatic N) is 1. The van der Waals surface area contributed by atoms with Gasteiger partial charge in [0.05, 0.1) is 18.8 Å². The van der Waals surface area contributed by atoms with Crippen LogP contribution in [0.15, 0.2) is 18.2 Å². The van der Waals surface area contributed by atoms with E-state index < -0.39 is 18.8 Å². The maximum absolute atomic E-state index is 13.8. The van der Waals surface area contributed by atoms with Gasteiger partial charge in [0.25, 0.3) is 6.43 Å². The van der Waals surface area contributed by atoms with Gasteiger partial charge in [0.2, 0.25) is 0 Å². The third-order valence-electron chi connectivity index (χ3n) is 2.48. The Morgan fingerprint density at radius 1 is 1.39 bits per heavy atom. The van der Waals surface area contributed by atoms with Gasteiger partial charge < -0.3 is 15.3 Å². The van der Waals surface area contributed by atoms with E-state index in [2.05, 4.69) is 5.32 Å². The van der Waals surface area contributed by atoms with E-state index >= 15 is 0 Å². The molecule has 102 valence electrons. The molecule has 0 fully saturated rings. The Kier molecular flexibility index (Phi) is 5.94. The van der Waals surface area contributed by atoms with Crippen molar-refractivity contribution in [3.63, 3.8) is 0 Å². The quantitative estimate of drug-likeness (QED) is 0.783. The van der Waals surface area contributed by atoms with Crippen molar-refractivity contribution in [2.75, 3.05) is 31.6 Å². The number of hydrogen-bond acceptors (Lipinski definition) is 3. The second-order valence-corrected chi connectivity index (χ2v) is 3.84. The summed E-state index contributed by atoms with van der Waals surface area (Å²) in [5.74, 6) is -0.558. The van der Waals surface area contributed by atoms with Gasteiger partial charge in [0, 0.05) is 13.1 Å². The number of halogens is 3. The summed E-state index contributed by atoms with van der Waals surface area (Å²) in [5.41, 5.74) is 0.716. The molecule has 0 aliphatic rings. The number of para-hydroxylation sites is 1. The predicted molar refractivity (Wildman–Crippen MR) is 64.5 cm³/mol. The zero-order valence-electron chi connectivity index (χ0n) is 10.2. The number of rotatable bonds is 7. The van der Waals surface area contributed by atoms with Gasteiger partial charge in [0.15, 0.2) is 0 Å². The van der Waals surface area contributed by atoms with E-state index in [0.717, 1.165) is 0 Å². The van der Waals surface area contributed by atoms with E-state index in [-0.39, 0.29) is 18.8 Å². The zero-order chi connectivity index (χ0) is 13.5. The predicted octanol–water partition coefficient (Wildman–Crippen LogP) is 1.61. The highest BCUT2D eigenvalue weighted by molar-refractivity contribution is 5.55. The first kappa shape index (κ1) is 14.8. The van der Waals surface area contributed by atoms with Crippen molar-refractivity contribution in [1.82, 2.24) is 5.32 Å². The van der Waals surface area contributed by atoms with Crippen LogP contribution in [-0.2, 0) is 6.54 Å². The van der Waals surface area contributed by atoms with E-state index in [9.17, 15) is 13.2 Å². The minimum atomic E-state index is -2.58. The van der Waals surface area contributed by atoms with Gasteiger partial charge in [-0.2, -0.15) is 0 Å². The summed E-state index contributed by atoms with van der Waals surface area (Å²) in [6.45, 7) is -0.557. The Morgan fingerprint density at radius 2 is 2.11 bits per heavy atom. The van der Waals surface area contributed by atoms with Crippen LogP contribution in [0, 0.1) is 5.82 Å². The second kappa shape index (κ2) is 7.23. The molecule has 0 spiro atoms. The lowest BCUT2D eigenvalue weighted by Gasteiger charge is -2.26. The topological polar surface area (TPSA) is 35.5 Å². The standard InChI is InChI=1S/C12H17F3N2O/c1-16-7-9-3-2-4-10(13)12(9)17(5-6-18)8-11(14)15/h2-4,11,16,18H,5-8H2,1H3. The number of aliphatic hydroxyl groups is 1. The Labute approximate surface area is 104 Å². The molecule has 0 atom stereocenters. The highest BCUT2D eigenvalue weighted by Crippen LogP contribution is 2.25. The van der Waals surface area contributed by atoms with Gasteiger partial charge in [0.1, 0.15) is 5.82 Å². The first-order chi connectivity index (χ1) is 8.60. The number of hydrogen-bond donors (Lipinski definition) is 2. The molecule has 1 aromatic rings. The molecule has 6 heteroatoms. The van der Waals surface area contributed by atoms with Gasteiger partial charge >= 0.3 is 0 Å². The number of benzene rings is 1. The van der Waals surface area contributed by atoms with Crippen LogP contribution < -0.4 is 10.2 Å². The molecule has 0 aromatic heterocycles. The Balaban J connectivity index is 3.07. The van der Waals surface area contributed by atoms with Crippen LogP contribution in [0.5, 0.6) is 0 Å². The number of anilines is 1. The third kappa shape index (κ3) is 3.89. The molecule has 1 rings (SSSR count). The number of alkyl halides is 2.